The number of nitrogens with one attached hydrogen (secondary N) is 1. The molecule has 3 N–H and O–H groups in total. The zero-order valence-electron chi connectivity index (χ0n) is 14.1. The number of nitriles is 1. The molecule has 6 heteroatoms. The van der Waals surface area contributed by atoms with Crippen LogP contribution in [-0.2, 0) is 14.9 Å². The number of nitrogens with zero attached hydrogens (tertiary/aromatic N) is 1. The molecule has 0 spiro atoms. The molecule has 2 aromatic rings. The van der Waals surface area contributed by atoms with Gasteiger partial charge in [-0.25, -0.2) is 4.79 Å². The van der Waals surface area contributed by atoms with E-state index in [0.717, 1.165) is 35.1 Å². The first kappa shape index (κ1) is 17.5. The largest absolute Gasteiger partial charge is 0.447 e. The number of rotatable bonds is 7. The highest BCUT2D eigenvalue weighted by Crippen LogP contribution is 2.48. The van der Waals surface area contributed by atoms with Gasteiger partial charge in [0.25, 0.3) is 0 Å². The Morgan fingerprint density at radius 3 is 2.58 bits per heavy atom. The summed E-state index contributed by atoms with van der Waals surface area (Å²) in [6.07, 6.45) is 1.49. The summed E-state index contributed by atoms with van der Waals surface area (Å²) >= 11 is 0. The lowest BCUT2D eigenvalue weighted by Gasteiger charge is -2.16. The molecule has 0 saturated heterocycles. The summed E-state index contributed by atoms with van der Waals surface area (Å²) < 4.78 is 4.79. The van der Waals surface area contributed by atoms with E-state index in [-0.39, 0.29) is 12.0 Å². The summed E-state index contributed by atoms with van der Waals surface area (Å²) in [6, 6.07) is 17.6. The molecule has 1 unspecified atom stereocenters. The van der Waals surface area contributed by atoms with E-state index in [2.05, 4.69) is 17.5 Å². The molecule has 1 aliphatic rings. The number of amides is 2. The van der Waals surface area contributed by atoms with E-state index < -0.39 is 12.1 Å². The van der Waals surface area contributed by atoms with Gasteiger partial charge >= 0.3 is 6.09 Å². The molecule has 2 aromatic carbocycles. The van der Waals surface area contributed by atoms with Crippen molar-refractivity contribution in [3.05, 3.63) is 59.7 Å². The highest BCUT2D eigenvalue weighted by atomic mass is 16.5. The van der Waals surface area contributed by atoms with Crippen LogP contribution in [0.1, 0.15) is 30.0 Å². The predicted octanol–water partition coefficient (Wildman–Crippen LogP) is 2.79. The first-order valence-electron chi connectivity index (χ1n) is 8.32. The Morgan fingerprint density at radius 2 is 2.00 bits per heavy atom. The van der Waals surface area contributed by atoms with Crippen LogP contribution in [0.25, 0.3) is 11.1 Å². The normalized spacial score (nSPS) is 15.3. The van der Waals surface area contributed by atoms with Gasteiger partial charge in [-0.2, -0.15) is 5.26 Å². The molecule has 1 saturated carbocycles. The molecule has 0 aromatic heterocycles. The van der Waals surface area contributed by atoms with Crippen molar-refractivity contribution in [2.24, 2.45) is 5.73 Å². The molecule has 1 aliphatic carbocycles. The lowest BCUT2D eigenvalue weighted by molar-refractivity contribution is -0.110. The quantitative estimate of drug-likeness (QED) is 0.750. The second kappa shape index (κ2) is 7.28. The maximum atomic E-state index is 10.8. The fourth-order valence-corrected chi connectivity index (χ4v) is 2.98. The Labute approximate surface area is 151 Å². The van der Waals surface area contributed by atoms with E-state index in [9.17, 15) is 14.9 Å². The van der Waals surface area contributed by atoms with E-state index >= 15 is 0 Å². The van der Waals surface area contributed by atoms with Gasteiger partial charge in [-0.3, -0.25) is 4.79 Å². The maximum absolute atomic E-state index is 10.8. The average molecular weight is 349 g/mol. The van der Waals surface area contributed by atoms with Crippen molar-refractivity contribution in [2.45, 2.75) is 24.3 Å². The van der Waals surface area contributed by atoms with E-state index in [0.29, 0.717) is 6.41 Å². The number of ether oxygens (including phenoxy) is 1. The average Bonchev–Trinajstić information content (AvgIpc) is 3.47. The number of hydrogen-bond acceptors (Lipinski definition) is 4. The number of carbonyl (C=O) groups is 2. The molecular formula is C20H19N3O3. The Bertz CT molecular complexity index is 851. The minimum Gasteiger partial charge on any atom is -0.447 e. The van der Waals surface area contributed by atoms with Gasteiger partial charge in [-0.1, -0.05) is 42.5 Å². The van der Waals surface area contributed by atoms with Crippen molar-refractivity contribution >= 4 is 12.5 Å². The molecule has 132 valence electrons. The van der Waals surface area contributed by atoms with Crippen molar-refractivity contribution in [1.82, 2.24) is 5.32 Å². The number of hydrogen-bond donors (Lipinski definition) is 2. The monoisotopic (exact) mass is 349 g/mol. The number of carbonyl (C=O) groups excluding carboxylic acids is 2. The standard InChI is InChI=1S/C20H19N3O3/c21-12-20(8-9-20)17-3-1-2-16(10-17)14-4-6-15(7-5-14)18(23-13-24)11-26-19(22)25/h1-7,10,13,18H,8-9,11H2,(H2,22,25)(H,23,24). The summed E-state index contributed by atoms with van der Waals surface area (Å²) in [5, 5.41) is 12.0. The Morgan fingerprint density at radius 1 is 1.27 bits per heavy atom. The highest BCUT2D eigenvalue weighted by Gasteiger charge is 2.44. The van der Waals surface area contributed by atoms with Crippen LogP contribution in [0, 0.1) is 11.3 Å². The third-order valence-corrected chi connectivity index (χ3v) is 4.69. The van der Waals surface area contributed by atoms with E-state index in [1.165, 1.54) is 0 Å². The molecule has 0 aliphatic heterocycles. The van der Waals surface area contributed by atoms with Crippen LogP contribution in [0.15, 0.2) is 48.5 Å². The molecule has 6 nitrogen and oxygen atoms in total. The summed E-state index contributed by atoms with van der Waals surface area (Å²) in [5.74, 6) is 0. The van der Waals surface area contributed by atoms with Gasteiger partial charge in [0, 0.05) is 0 Å². The molecule has 2 amide bonds. The fourth-order valence-electron chi connectivity index (χ4n) is 2.98. The smallest absolute Gasteiger partial charge is 0.404 e. The van der Waals surface area contributed by atoms with E-state index in [1.54, 1.807) is 0 Å². The number of nitrogens with two attached hydrogens (primary N) is 1. The molecule has 0 radical (unpaired) electrons. The molecule has 3 rings (SSSR count). The lowest BCUT2D eigenvalue weighted by atomic mass is 9.93. The molecule has 26 heavy (non-hydrogen) atoms. The van der Waals surface area contributed by atoms with Gasteiger partial charge in [0.2, 0.25) is 6.41 Å². The zero-order valence-corrected chi connectivity index (χ0v) is 14.1. The number of benzene rings is 2. The van der Waals surface area contributed by atoms with Crippen molar-refractivity contribution in [3.8, 4) is 17.2 Å². The second-order valence-electron chi connectivity index (χ2n) is 6.36. The van der Waals surface area contributed by atoms with Crippen LogP contribution in [0.3, 0.4) is 0 Å². The van der Waals surface area contributed by atoms with E-state index in [4.69, 9.17) is 10.5 Å². The third kappa shape index (κ3) is 3.67. The van der Waals surface area contributed by atoms with Crippen molar-refractivity contribution in [3.63, 3.8) is 0 Å². The first-order valence-corrected chi connectivity index (χ1v) is 8.32. The minimum absolute atomic E-state index is 0.0341. The summed E-state index contributed by atoms with van der Waals surface area (Å²) in [6.45, 7) is -0.0341. The SMILES string of the molecule is N#CC1(c2cccc(-c3ccc(C(COC(N)=O)NC=O)cc3)c2)CC1. The first-order chi connectivity index (χ1) is 12.6. The number of primary amides is 1. The van der Waals surface area contributed by atoms with Crippen LogP contribution in [0.4, 0.5) is 4.79 Å². The summed E-state index contributed by atoms with van der Waals surface area (Å²) in [5.41, 5.74) is 8.55. The fraction of sp³-hybridized carbons (Fsp3) is 0.250. The summed E-state index contributed by atoms with van der Waals surface area (Å²) in [7, 11) is 0. The Balaban J connectivity index is 1.81. The molecule has 0 bridgehead atoms. The van der Waals surface area contributed by atoms with E-state index in [1.807, 2.05) is 42.5 Å². The third-order valence-electron chi connectivity index (χ3n) is 4.69. The van der Waals surface area contributed by atoms with Gasteiger partial charge in [-0.05, 0) is 41.2 Å². The van der Waals surface area contributed by atoms with Gasteiger partial charge < -0.3 is 15.8 Å². The van der Waals surface area contributed by atoms with Crippen LogP contribution in [0.5, 0.6) is 0 Å². The lowest BCUT2D eigenvalue weighted by Crippen LogP contribution is -2.27. The van der Waals surface area contributed by atoms with Crippen LogP contribution >= 0.6 is 0 Å². The Kier molecular flexibility index (Phi) is 4.90. The van der Waals surface area contributed by atoms with Crippen molar-refractivity contribution in [1.29, 1.82) is 5.26 Å². The van der Waals surface area contributed by atoms with Gasteiger partial charge in [-0.15, -0.1) is 0 Å². The van der Waals surface area contributed by atoms with Crippen LogP contribution < -0.4 is 11.1 Å². The van der Waals surface area contributed by atoms with Crippen molar-refractivity contribution < 1.29 is 14.3 Å². The molecule has 1 atom stereocenters. The highest BCUT2D eigenvalue weighted by molar-refractivity contribution is 5.66. The molecule has 0 heterocycles. The maximum Gasteiger partial charge on any atom is 0.404 e. The molecule has 1 fully saturated rings. The Hall–Kier alpha value is -3.33. The minimum atomic E-state index is -0.886. The van der Waals surface area contributed by atoms with Crippen LogP contribution in [-0.4, -0.2) is 19.1 Å². The van der Waals surface area contributed by atoms with Gasteiger partial charge in [0.15, 0.2) is 0 Å². The second-order valence-corrected chi connectivity index (χ2v) is 6.36. The predicted molar refractivity (Wildman–Crippen MR) is 95.9 cm³/mol. The van der Waals surface area contributed by atoms with Crippen LogP contribution in [0.2, 0.25) is 0 Å². The van der Waals surface area contributed by atoms with Gasteiger partial charge in [0.1, 0.15) is 6.61 Å². The zero-order chi connectivity index (χ0) is 18.6. The van der Waals surface area contributed by atoms with Crippen molar-refractivity contribution in [2.75, 3.05) is 6.61 Å². The molecular weight excluding hydrogens is 330 g/mol. The van der Waals surface area contributed by atoms with Gasteiger partial charge in [0.05, 0.1) is 17.5 Å². The topological polar surface area (TPSA) is 105 Å². The summed E-state index contributed by atoms with van der Waals surface area (Å²) in [4.78, 5) is 21.6.